The van der Waals surface area contributed by atoms with Crippen molar-refractivity contribution < 1.29 is 23.8 Å². The van der Waals surface area contributed by atoms with Crippen LogP contribution in [0.15, 0.2) is 89.6 Å². The molecular weight excluding hydrogens is 469 g/mol. The number of anilines is 2. The van der Waals surface area contributed by atoms with Crippen LogP contribution >= 0.6 is 0 Å². The van der Waals surface area contributed by atoms with Gasteiger partial charge in [0.15, 0.2) is 6.61 Å². The number of carboxylic acid groups (broad SMARTS) is 1. The number of fused-ring (bicyclic) bond motifs is 1. The molecule has 0 bridgehead atoms. The number of methoxy groups -OCH3 is 1. The fraction of sp³-hybridized carbons (Fsp3) is 0.0741. The molecular formula is C27H21N3NaO5. The van der Waals surface area contributed by atoms with Crippen LogP contribution in [0.5, 0.6) is 11.5 Å². The smallest absolute Gasteiger partial charge is 0.341 e. The van der Waals surface area contributed by atoms with Gasteiger partial charge in [-0.2, -0.15) is 0 Å². The maximum atomic E-state index is 10.9. The predicted octanol–water partition coefficient (Wildman–Crippen LogP) is 5.39. The summed E-state index contributed by atoms with van der Waals surface area (Å²) in [6.07, 6.45) is 1.44. The molecule has 36 heavy (non-hydrogen) atoms. The Balaban J connectivity index is 0.00000304. The molecule has 175 valence electrons. The van der Waals surface area contributed by atoms with Crippen molar-refractivity contribution in [2.24, 2.45) is 0 Å². The molecule has 0 unspecified atom stereocenters. The minimum Gasteiger partial charge on any atom is -0.497 e. The number of aliphatic carboxylic acids is 1. The van der Waals surface area contributed by atoms with Crippen LogP contribution in [-0.2, 0) is 4.79 Å². The van der Waals surface area contributed by atoms with Gasteiger partial charge in [0.2, 0.25) is 5.71 Å². The third-order valence-electron chi connectivity index (χ3n) is 5.36. The van der Waals surface area contributed by atoms with Gasteiger partial charge < -0.3 is 24.3 Å². The van der Waals surface area contributed by atoms with Gasteiger partial charge in [0, 0.05) is 52.4 Å². The van der Waals surface area contributed by atoms with Crippen LogP contribution in [0.25, 0.3) is 33.6 Å². The number of hydrogen-bond donors (Lipinski definition) is 2. The maximum Gasteiger partial charge on any atom is 0.341 e. The molecule has 1 radical (unpaired) electrons. The average Bonchev–Trinajstić information content (AvgIpc) is 3.29. The Hall–Kier alpha value is -3.85. The molecule has 3 aromatic carbocycles. The third-order valence-corrected chi connectivity index (χ3v) is 5.36. The molecule has 5 aromatic rings. The Morgan fingerprint density at radius 2 is 1.72 bits per heavy atom. The second-order valence-electron chi connectivity index (χ2n) is 7.64. The van der Waals surface area contributed by atoms with Crippen LogP contribution in [0.4, 0.5) is 11.5 Å². The largest absolute Gasteiger partial charge is 0.497 e. The third kappa shape index (κ3) is 5.36. The number of rotatable bonds is 8. The van der Waals surface area contributed by atoms with Crippen LogP contribution < -0.4 is 14.8 Å². The Labute approximate surface area is 229 Å². The number of nitrogens with zero attached hydrogens (tertiary/aromatic N) is 2. The molecule has 0 aliphatic rings. The summed E-state index contributed by atoms with van der Waals surface area (Å²) >= 11 is 0. The summed E-state index contributed by atoms with van der Waals surface area (Å²) in [7, 11) is 1.63. The van der Waals surface area contributed by atoms with Gasteiger partial charge in [-0.15, -0.1) is 0 Å². The first-order valence-electron chi connectivity index (χ1n) is 10.8. The molecule has 2 N–H and O–H groups in total. The summed E-state index contributed by atoms with van der Waals surface area (Å²) in [5, 5.41) is 12.9. The predicted molar refractivity (Wildman–Crippen MR) is 138 cm³/mol. The van der Waals surface area contributed by atoms with Gasteiger partial charge >= 0.3 is 5.97 Å². The molecule has 0 fully saturated rings. The first-order valence-corrected chi connectivity index (χ1v) is 10.8. The van der Waals surface area contributed by atoms with Gasteiger partial charge in [0.05, 0.1) is 12.5 Å². The fourth-order valence-electron chi connectivity index (χ4n) is 3.80. The van der Waals surface area contributed by atoms with Crippen LogP contribution in [0, 0.1) is 0 Å². The zero-order valence-corrected chi connectivity index (χ0v) is 21.8. The van der Waals surface area contributed by atoms with E-state index in [-0.39, 0.29) is 29.6 Å². The van der Waals surface area contributed by atoms with E-state index < -0.39 is 12.6 Å². The zero-order chi connectivity index (χ0) is 24.2. The van der Waals surface area contributed by atoms with E-state index in [1.165, 1.54) is 6.33 Å². The monoisotopic (exact) mass is 490 g/mol. The number of aromatic nitrogens is 2. The zero-order valence-electron chi connectivity index (χ0n) is 19.8. The number of nitrogens with one attached hydrogen (secondary N) is 1. The van der Waals surface area contributed by atoms with Gasteiger partial charge in [0.1, 0.15) is 29.4 Å². The van der Waals surface area contributed by atoms with E-state index in [1.54, 1.807) is 25.3 Å². The molecule has 9 heteroatoms. The maximum absolute atomic E-state index is 10.9. The molecule has 2 heterocycles. The van der Waals surface area contributed by atoms with Crippen molar-refractivity contribution >= 4 is 58.1 Å². The average molecular weight is 490 g/mol. The standard InChI is InChI=1S/C27H21N3O5.Na/c1-33-20-12-10-17(11-13-20)23-24-26(30-19-8-5-9-21(14-19)34-15-22(31)32)28-16-29-27(24)35-25(23)18-6-3-2-4-7-18;/h2-14,16H,15H2,1H3,(H,31,32)(H,28,29,30);. The summed E-state index contributed by atoms with van der Waals surface area (Å²) < 4.78 is 16.9. The van der Waals surface area contributed by atoms with Gasteiger partial charge in [-0.25, -0.2) is 14.8 Å². The van der Waals surface area contributed by atoms with Gasteiger partial charge in [-0.1, -0.05) is 48.5 Å². The number of ether oxygens (including phenoxy) is 2. The van der Waals surface area contributed by atoms with E-state index >= 15 is 0 Å². The Kier molecular flexibility index (Phi) is 7.90. The summed E-state index contributed by atoms with van der Waals surface area (Å²) in [5.41, 5.74) is 3.78. The molecule has 0 atom stereocenters. The molecule has 0 spiro atoms. The van der Waals surface area contributed by atoms with Crippen LogP contribution in [0.1, 0.15) is 0 Å². The molecule has 0 aliphatic carbocycles. The van der Waals surface area contributed by atoms with Crippen molar-refractivity contribution in [3.63, 3.8) is 0 Å². The minimum atomic E-state index is -1.04. The van der Waals surface area contributed by atoms with Gasteiger partial charge in [-0.3, -0.25) is 0 Å². The van der Waals surface area contributed by atoms with Crippen LogP contribution in [-0.4, -0.2) is 64.3 Å². The number of carboxylic acids is 1. The van der Waals surface area contributed by atoms with Crippen LogP contribution in [0.3, 0.4) is 0 Å². The number of benzene rings is 3. The molecule has 0 amide bonds. The topological polar surface area (TPSA) is 107 Å². The molecule has 2 aromatic heterocycles. The quantitative estimate of drug-likeness (QED) is 0.279. The Morgan fingerprint density at radius 3 is 2.44 bits per heavy atom. The second-order valence-corrected chi connectivity index (χ2v) is 7.64. The Bertz CT molecular complexity index is 1490. The van der Waals surface area contributed by atoms with Crippen LogP contribution in [0.2, 0.25) is 0 Å². The number of carbonyl (C=O) groups is 1. The first kappa shape index (κ1) is 25.2. The first-order chi connectivity index (χ1) is 17.1. The van der Waals surface area contributed by atoms with E-state index in [0.29, 0.717) is 34.1 Å². The van der Waals surface area contributed by atoms with E-state index in [0.717, 1.165) is 22.4 Å². The summed E-state index contributed by atoms with van der Waals surface area (Å²) in [6.45, 7) is -0.426. The van der Waals surface area contributed by atoms with Crippen molar-refractivity contribution in [3.8, 4) is 33.9 Å². The molecule has 5 rings (SSSR count). The van der Waals surface area contributed by atoms with E-state index in [4.69, 9.17) is 19.0 Å². The van der Waals surface area contributed by atoms with Crippen molar-refractivity contribution in [2.75, 3.05) is 19.0 Å². The normalized spacial score (nSPS) is 10.5. The fourth-order valence-corrected chi connectivity index (χ4v) is 3.80. The van der Waals surface area contributed by atoms with Crippen molar-refractivity contribution in [1.82, 2.24) is 9.97 Å². The molecule has 0 aliphatic heterocycles. The molecule has 0 saturated carbocycles. The minimum absolute atomic E-state index is 0. The van der Waals surface area contributed by atoms with Crippen molar-refractivity contribution in [1.29, 1.82) is 0 Å². The van der Waals surface area contributed by atoms with E-state index in [1.807, 2.05) is 60.7 Å². The van der Waals surface area contributed by atoms with E-state index in [2.05, 4.69) is 15.3 Å². The SMILES string of the molecule is COc1ccc(-c2c(-c3ccccc3)oc3ncnc(Nc4cccc(OCC(=O)O)c4)c23)cc1.[Na]. The van der Waals surface area contributed by atoms with Crippen molar-refractivity contribution in [2.45, 2.75) is 0 Å². The second kappa shape index (κ2) is 11.3. The summed E-state index contributed by atoms with van der Waals surface area (Å²) in [4.78, 5) is 19.7. The van der Waals surface area contributed by atoms with Crippen molar-refractivity contribution in [3.05, 3.63) is 85.2 Å². The molecule has 0 saturated heterocycles. The number of hydrogen-bond acceptors (Lipinski definition) is 7. The van der Waals surface area contributed by atoms with E-state index in [9.17, 15) is 4.79 Å². The van der Waals surface area contributed by atoms with Gasteiger partial charge in [0.25, 0.3) is 0 Å². The molecule has 8 nitrogen and oxygen atoms in total. The van der Waals surface area contributed by atoms with Gasteiger partial charge in [-0.05, 0) is 29.8 Å². The summed E-state index contributed by atoms with van der Waals surface area (Å²) in [6, 6.07) is 24.5. The number of furan rings is 1. The summed E-state index contributed by atoms with van der Waals surface area (Å²) in [5.74, 6) is 1.35. The Morgan fingerprint density at radius 1 is 0.944 bits per heavy atom.